The van der Waals surface area contributed by atoms with Gasteiger partial charge in [-0.3, -0.25) is 0 Å². The van der Waals surface area contributed by atoms with Crippen LogP contribution in [-0.2, 0) is 13.1 Å². The maximum atomic E-state index is 5.48. The number of ether oxygens (including phenoxy) is 3. The van der Waals surface area contributed by atoms with Crippen molar-refractivity contribution in [2.45, 2.75) is 20.0 Å². The minimum absolute atomic E-state index is 0. The second-order valence-corrected chi connectivity index (χ2v) is 5.55. The van der Waals surface area contributed by atoms with Crippen LogP contribution in [0.4, 0.5) is 0 Å². The van der Waals surface area contributed by atoms with Crippen LogP contribution in [0.25, 0.3) is 0 Å². The average molecular weight is 485 g/mol. The van der Waals surface area contributed by atoms with Gasteiger partial charge in [0.1, 0.15) is 5.75 Å². The lowest BCUT2D eigenvalue weighted by Crippen LogP contribution is -2.36. The molecule has 0 unspecified atom stereocenters. The van der Waals surface area contributed by atoms with Gasteiger partial charge in [0.25, 0.3) is 0 Å². The van der Waals surface area contributed by atoms with Crippen LogP contribution in [0.3, 0.4) is 0 Å². The van der Waals surface area contributed by atoms with Crippen LogP contribution >= 0.6 is 24.0 Å². The zero-order chi connectivity index (χ0) is 18.8. The third-order valence-electron chi connectivity index (χ3n) is 3.83. The topological polar surface area (TPSA) is 64.1 Å². The summed E-state index contributed by atoms with van der Waals surface area (Å²) in [6.07, 6.45) is 0. The highest BCUT2D eigenvalue weighted by molar-refractivity contribution is 14.0. The van der Waals surface area contributed by atoms with Crippen molar-refractivity contribution in [1.82, 2.24) is 10.6 Å². The van der Waals surface area contributed by atoms with Crippen molar-refractivity contribution in [3.63, 3.8) is 0 Å². The summed E-state index contributed by atoms with van der Waals surface area (Å²) in [6, 6.07) is 13.7. The molecule has 2 aromatic carbocycles. The Balaban J connectivity index is 0.00000364. The lowest BCUT2D eigenvalue weighted by molar-refractivity contribution is 0.351. The number of aliphatic imine (C=N–C) groups is 1. The molecule has 0 aliphatic rings. The highest BCUT2D eigenvalue weighted by Gasteiger charge is 2.09. The second-order valence-electron chi connectivity index (χ2n) is 5.55. The largest absolute Gasteiger partial charge is 0.497 e. The van der Waals surface area contributed by atoms with Crippen molar-refractivity contribution >= 4 is 29.9 Å². The van der Waals surface area contributed by atoms with Crippen molar-refractivity contribution in [3.8, 4) is 17.2 Å². The predicted octanol–water partition coefficient (Wildman–Crippen LogP) is 3.59. The molecule has 0 heterocycles. The minimum Gasteiger partial charge on any atom is -0.497 e. The van der Waals surface area contributed by atoms with Crippen LogP contribution in [0.2, 0.25) is 0 Å². The van der Waals surface area contributed by atoms with Gasteiger partial charge in [0.2, 0.25) is 0 Å². The molecule has 0 atom stereocenters. The van der Waals surface area contributed by atoms with Gasteiger partial charge in [-0.2, -0.15) is 0 Å². The third-order valence-corrected chi connectivity index (χ3v) is 3.83. The number of guanidine groups is 1. The van der Waals surface area contributed by atoms with Gasteiger partial charge in [-0.15, -0.1) is 24.0 Å². The summed E-state index contributed by atoms with van der Waals surface area (Å²) in [5, 5.41) is 6.59. The lowest BCUT2D eigenvalue weighted by atomic mass is 10.2. The van der Waals surface area contributed by atoms with E-state index in [1.165, 1.54) is 0 Å². The lowest BCUT2D eigenvalue weighted by Gasteiger charge is -2.15. The summed E-state index contributed by atoms with van der Waals surface area (Å²) in [5.41, 5.74) is 2.08. The fourth-order valence-electron chi connectivity index (χ4n) is 2.55. The maximum Gasteiger partial charge on any atom is 0.191 e. The fourth-order valence-corrected chi connectivity index (χ4v) is 2.55. The van der Waals surface area contributed by atoms with Crippen LogP contribution in [0.5, 0.6) is 17.2 Å². The quantitative estimate of drug-likeness (QED) is 0.340. The molecule has 0 fully saturated rings. The molecule has 0 amide bonds. The number of hydrogen-bond acceptors (Lipinski definition) is 4. The Morgan fingerprint density at radius 1 is 0.963 bits per heavy atom. The Morgan fingerprint density at radius 3 is 2.41 bits per heavy atom. The van der Waals surface area contributed by atoms with Gasteiger partial charge in [-0.1, -0.05) is 24.3 Å². The van der Waals surface area contributed by atoms with E-state index < -0.39 is 0 Å². The summed E-state index contributed by atoms with van der Waals surface area (Å²) >= 11 is 0. The van der Waals surface area contributed by atoms with Crippen LogP contribution in [-0.4, -0.2) is 33.8 Å². The monoisotopic (exact) mass is 485 g/mol. The summed E-state index contributed by atoms with van der Waals surface area (Å²) in [6.45, 7) is 3.94. The summed E-state index contributed by atoms with van der Waals surface area (Å²) in [5.74, 6) is 3.01. The second kappa shape index (κ2) is 12.3. The number of para-hydroxylation sites is 1. The number of methoxy groups -OCH3 is 3. The molecule has 0 aliphatic carbocycles. The Morgan fingerprint density at radius 2 is 1.74 bits per heavy atom. The Kier molecular flexibility index (Phi) is 10.4. The van der Waals surface area contributed by atoms with E-state index in [4.69, 9.17) is 14.2 Å². The zero-order valence-corrected chi connectivity index (χ0v) is 18.6. The molecular weight excluding hydrogens is 457 g/mol. The molecule has 2 N–H and O–H groups in total. The van der Waals surface area contributed by atoms with E-state index in [1.54, 1.807) is 21.3 Å². The first-order valence-electron chi connectivity index (χ1n) is 8.56. The molecule has 2 rings (SSSR count). The molecule has 0 radical (unpaired) electrons. The molecule has 0 aliphatic heterocycles. The van der Waals surface area contributed by atoms with Gasteiger partial charge in [0, 0.05) is 18.7 Å². The Bertz CT molecular complexity index is 738. The van der Waals surface area contributed by atoms with Gasteiger partial charge >= 0.3 is 0 Å². The molecule has 0 spiro atoms. The van der Waals surface area contributed by atoms with Crippen molar-refractivity contribution in [3.05, 3.63) is 53.6 Å². The Hall–Kier alpha value is -2.16. The van der Waals surface area contributed by atoms with Gasteiger partial charge in [-0.25, -0.2) is 4.99 Å². The van der Waals surface area contributed by atoms with E-state index >= 15 is 0 Å². The highest BCUT2D eigenvalue weighted by Crippen LogP contribution is 2.30. The number of nitrogens with one attached hydrogen (secondary N) is 2. The van der Waals surface area contributed by atoms with E-state index in [-0.39, 0.29) is 24.0 Å². The summed E-state index contributed by atoms with van der Waals surface area (Å²) < 4.78 is 16.1. The maximum absolute atomic E-state index is 5.48. The molecule has 0 aromatic heterocycles. The van der Waals surface area contributed by atoms with Gasteiger partial charge in [0.05, 0.1) is 27.9 Å². The molecule has 7 heteroatoms. The van der Waals surface area contributed by atoms with E-state index in [9.17, 15) is 0 Å². The Labute approximate surface area is 178 Å². The van der Waals surface area contributed by atoms with E-state index in [2.05, 4.69) is 15.6 Å². The number of rotatable bonds is 8. The highest BCUT2D eigenvalue weighted by atomic mass is 127. The first kappa shape index (κ1) is 22.9. The van der Waals surface area contributed by atoms with Crippen molar-refractivity contribution < 1.29 is 14.2 Å². The first-order valence-corrected chi connectivity index (χ1v) is 8.56. The molecular formula is C20H28IN3O3. The molecule has 2 aromatic rings. The third kappa shape index (κ3) is 6.82. The van der Waals surface area contributed by atoms with E-state index in [1.807, 2.05) is 49.4 Å². The van der Waals surface area contributed by atoms with E-state index in [0.717, 1.165) is 35.1 Å². The van der Waals surface area contributed by atoms with Gasteiger partial charge in [0.15, 0.2) is 17.5 Å². The van der Waals surface area contributed by atoms with Gasteiger partial charge < -0.3 is 24.8 Å². The molecule has 0 bridgehead atoms. The number of hydrogen-bond donors (Lipinski definition) is 2. The fraction of sp³-hybridized carbons (Fsp3) is 0.350. The predicted molar refractivity (Wildman–Crippen MR) is 120 cm³/mol. The zero-order valence-electron chi connectivity index (χ0n) is 16.2. The first-order chi connectivity index (χ1) is 12.7. The normalized spacial score (nSPS) is 10.6. The molecule has 148 valence electrons. The number of halogens is 1. The number of benzene rings is 2. The van der Waals surface area contributed by atoms with Crippen LogP contribution < -0.4 is 24.8 Å². The van der Waals surface area contributed by atoms with Crippen LogP contribution in [0.15, 0.2) is 47.5 Å². The van der Waals surface area contributed by atoms with Crippen molar-refractivity contribution in [1.29, 1.82) is 0 Å². The summed E-state index contributed by atoms with van der Waals surface area (Å²) in [7, 11) is 4.94. The minimum atomic E-state index is 0. The summed E-state index contributed by atoms with van der Waals surface area (Å²) in [4.78, 5) is 4.64. The van der Waals surface area contributed by atoms with E-state index in [0.29, 0.717) is 18.8 Å². The van der Waals surface area contributed by atoms with Crippen LogP contribution in [0.1, 0.15) is 18.1 Å². The molecule has 0 saturated carbocycles. The SMILES string of the molecule is CCNC(=NCc1cccc(OC)c1)NCc1cccc(OC)c1OC.I. The van der Waals surface area contributed by atoms with Crippen molar-refractivity contribution in [2.75, 3.05) is 27.9 Å². The van der Waals surface area contributed by atoms with Crippen LogP contribution in [0, 0.1) is 0 Å². The molecule has 0 saturated heterocycles. The van der Waals surface area contributed by atoms with Crippen molar-refractivity contribution in [2.24, 2.45) is 4.99 Å². The molecule has 27 heavy (non-hydrogen) atoms. The smallest absolute Gasteiger partial charge is 0.191 e. The standard InChI is InChI=1S/C20H27N3O3.HI/c1-5-21-20(22-13-15-8-6-10-17(12-15)24-2)23-14-16-9-7-11-18(25-3)19(16)26-4;/h6-12H,5,13-14H2,1-4H3,(H2,21,22,23);1H. The van der Waals surface area contributed by atoms with Gasteiger partial charge in [-0.05, 0) is 30.7 Å². The number of nitrogens with zero attached hydrogens (tertiary/aromatic N) is 1. The average Bonchev–Trinajstić information content (AvgIpc) is 2.69. The molecule has 6 nitrogen and oxygen atoms in total.